The summed E-state index contributed by atoms with van der Waals surface area (Å²) in [7, 11) is 0. The fourth-order valence-electron chi connectivity index (χ4n) is 3.96. The molecule has 0 spiro atoms. The number of esters is 1. The quantitative estimate of drug-likeness (QED) is 0.675. The SMILES string of the molecule is O=C(OCc1ccccc1)OC(=O)[C@]1(C2CCCCC2)CCCN1. The first-order valence-electron chi connectivity index (χ1n) is 8.89. The third-order valence-corrected chi connectivity index (χ3v) is 5.23. The normalized spacial score (nSPS) is 24.5. The van der Waals surface area contributed by atoms with Crippen molar-refractivity contribution in [2.45, 2.75) is 57.1 Å². The molecule has 1 saturated heterocycles. The number of benzene rings is 1. The molecule has 0 amide bonds. The van der Waals surface area contributed by atoms with Gasteiger partial charge in [0.2, 0.25) is 0 Å². The molecule has 1 aliphatic carbocycles. The molecule has 1 aliphatic heterocycles. The Morgan fingerprint density at radius 2 is 1.83 bits per heavy atom. The molecule has 0 aromatic heterocycles. The molecule has 0 radical (unpaired) electrons. The molecule has 1 saturated carbocycles. The number of rotatable bonds is 4. The van der Waals surface area contributed by atoms with Crippen molar-refractivity contribution in [1.82, 2.24) is 5.32 Å². The Kier molecular flexibility index (Phi) is 5.51. The Morgan fingerprint density at radius 1 is 1.08 bits per heavy atom. The van der Waals surface area contributed by atoms with Crippen LogP contribution in [-0.2, 0) is 20.9 Å². The summed E-state index contributed by atoms with van der Waals surface area (Å²) < 4.78 is 10.1. The Balaban J connectivity index is 1.58. The van der Waals surface area contributed by atoms with E-state index >= 15 is 0 Å². The van der Waals surface area contributed by atoms with E-state index in [2.05, 4.69) is 5.32 Å². The van der Waals surface area contributed by atoms with Crippen LogP contribution in [0.5, 0.6) is 0 Å². The zero-order chi connectivity index (χ0) is 16.8. The van der Waals surface area contributed by atoms with Crippen molar-refractivity contribution in [2.24, 2.45) is 5.92 Å². The molecule has 0 unspecified atom stereocenters. The van der Waals surface area contributed by atoms with E-state index in [0.29, 0.717) is 0 Å². The van der Waals surface area contributed by atoms with Crippen molar-refractivity contribution < 1.29 is 19.1 Å². The molecule has 5 nitrogen and oxygen atoms in total. The van der Waals surface area contributed by atoms with Gasteiger partial charge < -0.3 is 14.8 Å². The Morgan fingerprint density at radius 3 is 2.50 bits per heavy atom. The second kappa shape index (κ2) is 7.79. The molecule has 1 N–H and O–H groups in total. The van der Waals surface area contributed by atoms with E-state index < -0.39 is 17.7 Å². The maximum absolute atomic E-state index is 12.7. The summed E-state index contributed by atoms with van der Waals surface area (Å²) in [5.74, 6) is -0.215. The van der Waals surface area contributed by atoms with Gasteiger partial charge in [-0.3, -0.25) is 0 Å². The van der Waals surface area contributed by atoms with Gasteiger partial charge in [0.15, 0.2) is 0 Å². The molecule has 24 heavy (non-hydrogen) atoms. The Hall–Kier alpha value is -1.88. The highest BCUT2D eigenvalue weighted by molar-refractivity contribution is 5.89. The predicted octanol–water partition coefficient (Wildman–Crippen LogP) is 3.57. The van der Waals surface area contributed by atoms with Crippen molar-refractivity contribution in [2.75, 3.05) is 6.54 Å². The molecule has 5 heteroatoms. The second-order valence-corrected chi connectivity index (χ2v) is 6.75. The van der Waals surface area contributed by atoms with Crippen molar-refractivity contribution in [3.8, 4) is 0 Å². The van der Waals surface area contributed by atoms with E-state index in [-0.39, 0.29) is 12.5 Å². The lowest BCUT2D eigenvalue weighted by atomic mass is 9.74. The van der Waals surface area contributed by atoms with Crippen LogP contribution in [0.2, 0.25) is 0 Å². The zero-order valence-corrected chi connectivity index (χ0v) is 14.0. The van der Waals surface area contributed by atoms with Gasteiger partial charge in [-0.15, -0.1) is 0 Å². The fourth-order valence-corrected chi connectivity index (χ4v) is 3.96. The lowest BCUT2D eigenvalue weighted by Gasteiger charge is -2.37. The van der Waals surface area contributed by atoms with E-state index in [1.165, 1.54) is 6.42 Å². The van der Waals surface area contributed by atoms with Crippen molar-refractivity contribution in [3.63, 3.8) is 0 Å². The predicted molar refractivity (Wildman–Crippen MR) is 89.3 cm³/mol. The average molecular weight is 331 g/mol. The summed E-state index contributed by atoms with van der Waals surface area (Å²) in [6, 6.07) is 9.35. The number of carbonyl (C=O) groups is 2. The van der Waals surface area contributed by atoms with Crippen LogP contribution in [-0.4, -0.2) is 24.2 Å². The largest absolute Gasteiger partial charge is 0.516 e. The molecule has 0 bridgehead atoms. The van der Waals surface area contributed by atoms with Crippen LogP contribution in [0.15, 0.2) is 30.3 Å². The molecule has 1 aromatic carbocycles. The maximum Gasteiger partial charge on any atom is 0.516 e. The highest BCUT2D eigenvalue weighted by Crippen LogP contribution is 2.38. The van der Waals surface area contributed by atoms with Gasteiger partial charge in [-0.1, -0.05) is 49.6 Å². The van der Waals surface area contributed by atoms with Gasteiger partial charge in [0, 0.05) is 0 Å². The van der Waals surface area contributed by atoms with Gasteiger partial charge in [-0.2, -0.15) is 0 Å². The summed E-state index contributed by atoms with van der Waals surface area (Å²) in [5.41, 5.74) is 0.162. The fraction of sp³-hybridized carbons (Fsp3) is 0.579. The minimum absolute atomic E-state index is 0.108. The minimum Gasteiger partial charge on any atom is -0.429 e. The minimum atomic E-state index is -0.910. The van der Waals surface area contributed by atoms with E-state index in [0.717, 1.165) is 50.6 Å². The van der Waals surface area contributed by atoms with Crippen LogP contribution in [0.25, 0.3) is 0 Å². The third-order valence-electron chi connectivity index (χ3n) is 5.23. The topological polar surface area (TPSA) is 64.6 Å². The Bertz CT molecular complexity index is 560. The van der Waals surface area contributed by atoms with Crippen LogP contribution >= 0.6 is 0 Å². The molecular formula is C19H25NO4. The molecule has 2 fully saturated rings. The number of hydrogen-bond acceptors (Lipinski definition) is 5. The van der Waals surface area contributed by atoms with E-state index in [9.17, 15) is 9.59 Å². The standard InChI is InChI=1S/C19H25NO4/c21-17(24-18(22)23-14-15-8-3-1-4-9-15)19(12-7-13-20-19)16-10-5-2-6-11-16/h1,3-4,8-9,16,20H,2,5-7,10-14H2/t19-/m1/s1. The van der Waals surface area contributed by atoms with Crippen LogP contribution in [0.1, 0.15) is 50.5 Å². The smallest absolute Gasteiger partial charge is 0.429 e. The van der Waals surface area contributed by atoms with Gasteiger partial charge in [-0.25, -0.2) is 9.59 Å². The number of carbonyl (C=O) groups excluding carboxylic acids is 2. The summed E-state index contributed by atoms with van der Waals surface area (Å²) in [4.78, 5) is 24.6. The summed E-state index contributed by atoms with van der Waals surface area (Å²) >= 11 is 0. The number of ether oxygens (including phenoxy) is 2. The first-order valence-corrected chi connectivity index (χ1v) is 8.89. The van der Waals surface area contributed by atoms with E-state index in [4.69, 9.17) is 9.47 Å². The summed E-state index contributed by atoms with van der Waals surface area (Å²) in [6.45, 7) is 0.904. The molecule has 2 aliphatic rings. The summed E-state index contributed by atoms with van der Waals surface area (Å²) in [6.07, 6.45) is 6.29. The van der Waals surface area contributed by atoms with Gasteiger partial charge in [-0.05, 0) is 43.7 Å². The van der Waals surface area contributed by atoms with E-state index in [1.54, 1.807) is 0 Å². The first kappa shape index (κ1) is 17.0. The van der Waals surface area contributed by atoms with Crippen molar-refractivity contribution in [3.05, 3.63) is 35.9 Å². The number of nitrogens with one attached hydrogen (secondary N) is 1. The maximum atomic E-state index is 12.7. The van der Waals surface area contributed by atoms with Crippen LogP contribution < -0.4 is 5.32 Å². The van der Waals surface area contributed by atoms with Crippen LogP contribution in [0, 0.1) is 5.92 Å². The van der Waals surface area contributed by atoms with Gasteiger partial charge in [0.05, 0.1) is 0 Å². The van der Waals surface area contributed by atoms with Crippen molar-refractivity contribution in [1.29, 1.82) is 0 Å². The highest BCUT2D eigenvalue weighted by Gasteiger charge is 2.49. The molecule has 1 heterocycles. The monoisotopic (exact) mass is 331 g/mol. The van der Waals surface area contributed by atoms with Gasteiger partial charge >= 0.3 is 12.1 Å². The first-order chi connectivity index (χ1) is 11.7. The van der Waals surface area contributed by atoms with Crippen molar-refractivity contribution >= 4 is 12.1 Å². The molecular weight excluding hydrogens is 306 g/mol. The second-order valence-electron chi connectivity index (χ2n) is 6.75. The zero-order valence-electron chi connectivity index (χ0n) is 14.0. The van der Waals surface area contributed by atoms with Gasteiger partial charge in [0.25, 0.3) is 0 Å². The highest BCUT2D eigenvalue weighted by atomic mass is 16.7. The third kappa shape index (κ3) is 3.78. The number of hydrogen-bond donors (Lipinski definition) is 1. The summed E-state index contributed by atoms with van der Waals surface area (Å²) in [5, 5.41) is 3.34. The van der Waals surface area contributed by atoms with Crippen LogP contribution in [0.4, 0.5) is 4.79 Å². The molecule has 1 aromatic rings. The van der Waals surface area contributed by atoms with Crippen LogP contribution in [0.3, 0.4) is 0 Å². The lowest BCUT2D eigenvalue weighted by molar-refractivity contribution is -0.150. The lowest BCUT2D eigenvalue weighted by Crippen LogP contribution is -2.55. The molecule has 130 valence electrons. The molecule has 1 atom stereocenters. The Labute approximate surface area is 142 Å². The average Bonchev–Trinajstić information content (AvgIpc) is 3.13. The molecule has 3 rings (SSSR count). The van der Waals surface area contributed by atoms with Gasteiger partial charge in [0.1, 0.15) is 12.1 Å². The van der Waals surface area contributed by atoms with E-state index in [1.807, 2.05) is 30.3 Å².